The van der Waals surface area contributed by atoms with Crippen LogP contribution in [0.4, 0.5) is 0 Å². The fraction of sp³-hybridized carbons (Fsp3) is 0.667. The second-order valence-corrected chi connectivity index (χ2v) is 11.4. The first-order chi connectivity index (χ1) is 6.71. The zero-order chi connectivity index (χ0) is 11.7. The Bertz CT molecular complexity index is 321. The molecule has 0 aliphatic heterocycles. The molecular formula is C12H22O2Si. The van der Waals surface area contributed by atoms with Crippen molar-refractivity contribution in [2.45, 2.75) is 51.6 Å². The molecule has 0 aliphatic carbocycles. The molecule has 1 N–H and O–H groups in total. The number of furan rings is 1. The van der Waals surface area contributed by atoms with Crippen molar-refractivity contribution in [1.82, 2.24) is 0 Å². The van der Waals surface area contributed by atoms with E-state index in [-0.39, 0.29) is 0 Å². The summed E-state index contributed by atoms with van der Waals surface area (Å²) in [5.41, 5.74) is -0.811. The first-order valence-electron chi connectivity index (χ1n) is 5.50. The second kappa shape index (κ2) is 4.14. The fourth-order valence-electron chi connectivity index (χ4n) is 1.47. The smallest absolute Gasteiger partial charge is 0.135 e. The molecule has 0 bridgehead atoms. The highest BCUT2D eigenvalue weighted by Gasteiger charge is 2.28. The van der Waals surface area contributed by atoms with Gasteiger partial charge in [0.25, 0.3) is 0 Å². The van der Waals surface area contributed by atoms with E-state index in [9.17, 15) is 5.11 Å². The number of aryl methyl sites for hydroxylation is 1. The van der Waals surface area contributed by atoms with Crippen molar-refractivity contribution in [1.29, 1.82) is 0 Å². The van der Waals surface area contributed by atoms with Gasteiger partial charge >= 0.3 is 0 Å². The van der Waals surface area contributed by atoms with E-state index in [1.54, 1.807) is 0 Å². The van der Waals surface area contributed by atoms with Gasteiger partial charge in [0.15, 0.2) is 0 Å². The molecule has 1 atom stereocenters. The highest BCUT2D eigenvalue weighted by atomic mass is 28.3. The molecule has 0 spiro atoms. The van der Waals surface area contributed by atoms with E-state index in [0.29, 0.717) is 5.76 Å². The predicted octanol–water partition coefficient (Wildman–Crippen LogP) is 3.52. The molecule has 3 heteroatoms. The van der Waals surface area contributed by atoms with Crippen LogP contribution in [0.2, 0.25) is 25.7 Å². The number of aliphatic hydroxyl groups is 1. The maximum atomic E-state index is 10.3. The summed E-state index contributed by atoms with van der Waals surface area (Å²) >= 11 is 0. The quantitative estimate of drug-likeness (QED) is 0.797. The SMILES string of the molecule is Cc1ccc(C(C)(O)CC[Si](C)(C)C)o1. The average Bonchev–Trinajstić information content (AvgIpc) is 2.48. The van der Waals surface area contributed by atoms with Crippen LogP contribution in [0.5, 0.6) is 0 Å². The lowest BCUT2D eigenvalue weighted by Crippen LogP contribution is -2.27. The second-order valence-electron chi connectivity index (χ2n) is 5.74. The Morgan fingerprint density at radius 3 is 2.33 bits per heavy atom. The summed E-state index contributed by atoms with van der Waals surface area (Å²) in [5.74, 6) is 1.55. The molecule has 0 radical (unpaired) electrons. The summed E-state index contributed by atoms with van der Waals surface area (Å²) in [6.07, 6.45) is 0.787. The van der Waals surface area contributed by atoms with E-state index in [4.69, 9.17) is 4.42 Å². The zero-order valence-electron chi connectivity index (χ0n) is 10.4. The third-order valence-electron chi connectivity index (χ3n) is 2.63. The Hall–Kier alpha value is -0.543. The third-order valence-corrected chi connectivity index (χ3v) is 4.38. The summed E-state index contributed by atoms with van der Waals surface area (Å²) in [4.78, 5) is 0. The molecule has 0 saturated carbocycles. The van der Waals surface area contributed by atoms with Crippen LogP contribution in [-0.4, -0.2) is 13.2 Å². The molecule has 0 aromatic carbocycles. The van der Waals surface area contributed by atoms with Gasteiger partial charge in [-0.15, -0.1) is 0 Å². The van der Waals surface area contributed by atoms with Gasteiger partial charge in [-0.25, -0.2) is 0 Å². The van der Waals surface area contributed by atoms with E-state index in [1.165, 1.54) is 0 Å². The van der Waals surface area contributed by atoms with Gasteiger partial charge in [0.05, 0.1) is 0 Å². The van der Waals surface area contributed by atoms with Crippen LogP contribution in [0.25, 0.3) is 0 Å². The summed E-state index contributed by atoms with van der Waals surface area (Å²) in [6.45, 7) is 10.7. The normalized spacial score (nSPS) is 16.4. The Balaban J connectivity index is 2.67. The van der Waals surface area contributed by atoms with Gasteiger partial charge in [-0.3, -0.25) is 0 Å². The number of hydrogen-bond donors (Lipinski definition) is 1. The van der Waals surface area contributed by atoms with Gasteiger partial charge in [0.2, 0.25) is 0 Å². The van der Waals surface area contributed by atoms with E-state index < -0.39 is 13.7 Å². The minimum absolute atomic E-state index is 0.693. The Kier molecular flexibility index (Phi) is 3.46. The summed E-state index contributed by atoms with van der Waals surface area (Å²) < 4.78 is 5.48. The van der Waals surface area contributed by atoms with Crippen LogP contribution in [0.3, 0.4) is 0 Å². The molecule has 1 aromatic heterocycles. The lowest BCUT2D eigenvalue weighted by molar-refractivity contribution is 0.0291. The van der Waals surface area contributed by atoms with Crippen molar-refractivity contribution in [3.8, 4) is 0 Å². The molecule has 0 aliphatic rings. The molecule has 15 heavy (non-hydrogen) atoms. The Labute approximate surface area is 93.3 Å². The van der Waals surface area contributed by atoms with Gasteiger partial charge in [-0.05, 0) is 32.4 Å². The minimum atomic E-state index is -1.09. The van der Waals surface area contributed by atoms with Crippen LogP contribution in [0, 0.1) is 6.92 Å². The van der Waals surface area contributed by atoms with E-state index in [1.807, 2.05) is 26.0 Å². The first-order valence-corrected chi connectivity index (χ1v) is 9.21. The maximum absolute atomic E-state index is 10.3. The monoisotopic (exact) mass is 226 g/mol. The van der Waals surface area contributed by atoms with Crippen LogP contribution >= 0.6 is 0 Å². The maximum Gasteiger partial charge on any atom is 0.135 e. The highest BCUT2D eigenvalue weighted by Crippen LogP contribution is 2.30. The van der Waals surface area contributed by atoms with Gasteiger partial charge in [0, 0.05) is 8.07 Å². The molecule has 2 nitrogen and oxygen atoms in total. The minimum Gasteiger partial charge on any atom is -0.463 e. The summed E-state index contributed by atoms with van der Waals surface area (Å²) in [5, 5.41) is 10.3. The molecule has 0 saturated heterocycles. The third kappa shape index (κ3) is 3.84. The number of hydrogen-bond acceptors (Lipinski definition) is 2. The molecule has 1 aromatic rings. The molecule has 0 fully saturated rings. The van der Waals surface area contributed by atoms with E-state index >= 15 is 0 Å². The lowest BCUT2D eigenvalue weighted by atomic mass is 10.0. The molecular weight excluding hydrogens is 204 g/mol. The van der Waals surface area contributed by atoms with E-state index in [2.05, 4.69) is 19.6 Å². The number of rotatable bonds is 4. The van der Waals surface area contributed by atoms with Gasteiger partial charge in [-0.1, -0.05) is 25.7 Å². The highest BCUT2D eigenvalue weighted by molar-refractivity contribution is 6.76. The molecule has 86 valence electrons. The first kappa shape index (κ1) is 12.5. The van der Waals surface area contributed by atoms with Crippen molar-refractivity contribution in [2.24, 2.45) is 0 Å². The lowest BCUT2D eigenvalue weighted by Gasteiger charge is -2.25. The topological polar surface area (TPSA) is 33.4 Å². The van der Waals surface area contributed by atoms with Crippen LogP contribution in [0.1, 0.15) is 24.9 Å². The molecule has 1 unspecified atom stereocenters. The Morgan fingerprint density at radius 1 is 1.33 bits per heavy atom. The van der Waals surface area contributed by atoms with E-state index in [0.717, 1.165) is 18.2 Å². The van der Waals surface area contributed by atoms with Crippen LogP contribution in [-0.2, 0) is 5.60 Å². The molecule has 1 heterocycles. The van der Waals surface area contributed by atoms with Gasteiger partial charge in [-0.2, -0.15) is 0 Å². The van der Waals surface area contributed by atoms with Crippen molar-refractivity contribution >= 4 is 8.07 Å². The van der Waals surface area contributed by atoms with Crippen LogP contribution < -0.4 is 0 Å². The molecule has 1 rings (SSSR count). The fourth-order valence-corrected chi connectivity index (χ4v) is 2.70. The van der Waals surface area contributed by atoms with Gasteiger partial charge in [0.1, 0.15) is 17.1 Å². The molecule has 0 amide bonds. The van der Waals surface area contributed by atoms with Crippen molar-refractivity contribution < 1.29 is 9.52 Å². The standard InChI is InChI=1S/C12H22O2Si/c1-10-6-7-11(14-10)12(2,13)8-9-15(3,4)5/h6-7,13H,8-9H2,1-5H3. The summed E-state index contributed by atoms with van der Waals surface area (Å²) in [7, 11) is -1.09. The van der Waals surface area contributed by atoms with Crippen LogP contribution in [0.15, 0.2) is 16.5 Å². The van der Waals surface area contributed by atoms with Crippen molar-refractivity contribution in [3.05, 3.63) is 23.7 Å². The van der Waals surface area contributed by atoms with Crippen molar-refractivity contribution in [3.63, 3.8) is 0 Å². The largest absolute Gasteiger partial charge is 0.463 e. The summed E-state index contributed by atoms with van der Waals surface area (Å²) in [6, 6.07) is 4.89. The Morgan fingerprint density at radius 2 is 1.93 bits per heavy atom. The van der Waals surface area contributed by atoms with Crippen molar-refractivity contribution in [2.75, 3.05) is 0 Å². The zero-order valence-corrected chi connectivity index (χ0v) is 11.4. The van der Waals surface area contributed by atoms with Gasteiger partial charge < -0.3 is 9.52 Å². The average molecular weight is 226 g/mol. The predicted molar refractivity (Wildman–Crippen MR) is 65.8 cm³/mol.